The number of phenolic OH excluding ortho intramolecular Hbond substituents is 2. The Hall–Kier alpha value is -7.88. The van der Waals surface area contributed by atoms with E-state index in [9.17, 15) is 28.7 Å². The summed E-state index contributed by atoms with van der Waals surface area (Å²) in [6, 6.07) is 5.56. The van der Waals surface area contributed by atoms with Gasteiger partial charge >= 0.3 is 5.69 Å². The second-order valence-electron chi connectivity index (χ2n) is 19.5. The smallest absolute Gasteiger partial charge is 0.368 e. The standard InChI is InChI=1S/C22H26FN11O2.C15H20ClN5.C8H8FN5O2/c1-22(2)11-13(8-14-6-5-7-32(14)22)26-20-17(24-3)12-25-21(28-20)27-16-10-18(19(35)9-15(16)23)33-30-29-31(4)34(33)36;1-15(2)8-10(7-11-5-4-6-21(11)15)19-13-12(17-3)9-18-14(16)20-13;1-13-8(16)14(12-11-13)6-3-5(10)4(9)2-7(6)15/h9-10,12-14H,5-8,11H2,1-2,4H3,(H2-,25,26,27,28,29,30,35);9-11H,4-8H2,1-2H3,(H,18,19,20);2-3,15H,10H2,1H3/p+1/t13-,14+;10-,11+;/m11./s1. The summed E-state index contributed by atoms with van der Waals surface area (Å²) in [5, 5.41) is 43.7. The highest BCUT2D eigenvalue weighted by Gasteiger charge is 2.44. The molecule has 6 aromatic rings. The fourth-order valence-corrected chi connectivity index (χ4v) is 10.5. The van der Waals surface area contributed by atoms with Crippen molar-refractivity contribution in [1.82, 2.24) is 69.5 Å². The van der Waals surface area contributed by atoms with Gasteiger partial charge in [0.2, 0.25) is 33.0 Å². The first kappa shape index (κ1) is 51.5. The van der Waals surface area contributed by atoms with Crippen LogP contribution in [0.2, 0.25) is 5.28 Å². The number of benzene rings is 2. The summed E-state index contributed by atoms with van der Waals surface area (Å²) in [5.74, 6) is -1.50. The minimum absolute atomic E-state index is 0.0167. The molecule has 73 heavy (non-hydrogen) atoms. The summed E-state index contributed by atoms with van der Waals surface area (Å²) < 4.78 is 29.7. The van der Waals surface area contributed by atoms with E-state index in [2.05, 4.69) is 104 Å². The summed E-state index contributed by atoms with van der Waals surface area (Å²) in [7, 11) is 2.77. The van der Waals surface area contributed by atoms with E-state index in [-0.39, 0.29) is 61.4 Å². The number of halogens is 3. The maximum Gasteiger partial charge on any atom is 0.368 e. The normalized spacial score (nSPS) is 20.8. The van der Waals surface area contributed by atoms with E-state index in [4.69, 9.17) is 30.5 Å². The van der Waals surface area contributed by atoms with Crippen LogP contribution in [0.3, 0.4) is 0 Å². The molecule has 25 nitrogen and oxygen atoms in total. The van der Waals surface area contributed by atoms with Gasteiger partial charge in [0.15, 0.2) is 16.2 Å². The van der Waals surface area contributed by atoms with E-state index in [1.54, 1.807) is 0 Å². The molecule has 2 aromatic carbocycles. The summed E-state index contributed by atoms with van der Waals surface area (Å²) in [5.41, 5.74) is 5.29. The number of tetrazole rings is 1. The Labute approximate surface area is 421 Å². The van der Waals surface area contributed by atoms with E-state index >= 15 is 0 Å². The molecule has 4 fully saturated rings. The number of rotatable bonds is 8. The molecule has 384 valence electrons. The average molecular weight is 1030 g/mol. The maximum absolute atomic E-state index is 14.7. The Morgan fingerprint density at radius 1 is 0.795 bits per heavy atom. The van der Waals surface area contributed by atoms with Crippen molar-refractivity contribution < 1.29 is 23.7 Å². The van der Waals surface area contributed by atoms with E-state index in [0.717, 1.165) is 75.8 Å². The number of fused-ring (bicyclic) bond motifs is 2. The Morgan fingerprint density at radius 3 is 1.90 bits per heavy atom. The van der Waals surface area contributed by atoms with E-state index in [1.807, 2.05) is 0 Å². The molecule has 4 aliphatic rings. The zero-order valence-corrected chi connectivity index (χ0v) is 41.6. The van der Waals surface area contributed by atoms with Crippen LogP contribution >= 0.6 is 11.6 Å². The zero-order chi connectivity index (χ0) is 52.5. The highest BCUT2D eigenvalue weighted by molar-refractivity contribution is 6.28. The number of hydrogen-bond donors (Lipinski definition) is 6. The highest BCUT2D eigenvalue weighted by atomic mass is 35.5. The molecule has 4 aliphatic heterocycles. The van der Waals surface area contributed by atoms with Gasteiger partial charge in [-0.2, -0.15) is 9.36 Å². The van der Waals surface area contributed by atoms with Crippen molar-refractivity contribution in [2.75, 3.05) is 34.8 Å². The number of piperidine rings is 2. The third-order valence-electron chi connectivity index (χ3n) is 13.6. The average Bonchev–Trinajstić information content (AvgIpc) is 4.15. The van der Waals surface area contributed by atoms with Gasteiger partial charge in [-0.15, -0.1) is 0 Å². The second-order valence-corrected chi connectivity index (χ2v) is 19.8. The number of phenols is 2. The minimum Gasteiger partial charge on any atom is -0.506 e. The quantitative estimate of drug-likeness (QED) is 0.0378. The number of nitrogens with zero attached hydrogens (tertiary/aromatic N) is 17. The molecule has 4 aromatic heterocycles. The monoisotopic (exact) mass is 1030 g/mol. The lowest BCUT2D eigenvalue weighted by Gasteiger charge is -2.48. The zero-order valence-electron chi connectivity index (χ0n) is 40.9. The summed E-state index contributed by atoms with van der Waals surface area (Å²) >= 11 is 5.86. The summed E-state index contributed by atoms with van der Waals surface area (Å²) in [6.45, 7) is 26.2. The van der Waals surface area contributed by atoms with Crippen LogP contribution in [0.15, 0.2) is 41.5 Å². The Bertz CT molecular complexity index is 3230. The molecule has 0 bridgehead atoms. The van der Waals surface area contributed by atoms with Gasteiger partial charge in [0.1, 0.15) is 34.6 Å². The first-order valence-electron chi connectivity index (χ1n) is 23.4. The molecule has 0 unspecified atom stereocenters. The molecule has 0 aliphatic carbocycles. The molecular weight excluding hydrogens is 972 g/mol. The van der Waals surface area contributed by atoms with Crippen LogP contribution in [0.5, 0.6) is 11.5 Å². The molecule has 0 spiro atoms. The van der Waals surface area contributed by atoms with Gasteiger partial charge in [-0.05, 0) is 136 Å². The summed E-state index contributed by atoms with van der Waals surface area (Å²) in [6.07, 6.45) is 11.8. The van der Waals surface area contributed by atoms with Crippen LogP contribution in [0.25, 0.3) is 21.1 Å². The maximum atomic E-state index is 14.7. The number of nitrogens with one attached hydrogen (secondary N) is 3. The van der Waals surface area contributed by atoms with Crippen molar-refractivity contribution in [2.45, 2.75) is 114 Å². The van der Waals surface area contributed by atoms with Crippen LogP contribution in [-0.2, 0) is 14.1 Å². The predicted octanol–water partition coefficient (Wildman–Crippen LogP) is 5.16. The van der Waals surface area contributed by atoms with E-state index < -0.39 is 28.8 Å². The van der Waals surface area contributed by atoms with Crippen LogP contribution in [0.1, 0.15) is 79.1 Å². The lowest BCUT2D eigenvalue weighted by Crippen LogP contribution is -2.55. The highest BCUT2D eigenvalue weighted by Crippen LogP contribution is 2.41. The largest absolute Gasteiger partial charge is 0.506 e. The number of nitrogens with two attached hydrogens (primary N) is 1. The molecule has 10 rings (SSSR count). The van der Waals surface area contributed by atoms with Crippen LogP contribution in [0.4, 0.5) is 49.1 Å². The van der Waals surface area contributed by atoms with Gasteiger partial charge in [0.05, 0.1) is 31.6 Å². The molecule has 0 amide bonds. The lowest BCUT2D eigenvalue weighted by molar-refractivity contribution is -0.675. The predicted molar refractivity (Wildman–Crippen MR) is 264 cm³/mol. The Morgan fingerprint density at radius 2 is 1.36 bits per heavy atom. The molecular formula is C45H55ClF2N21O4+. The van der Waals surface area contributed by atoms with Gasteiger partial charge < -0.3 is 31.9 Å². The van der Waals surface area contributed by atoms with E-state index in [1.165, 1.54) is 58.4 Å². The molecule has 4 atom stereocenters. The van der Waals surface area contributed by atoms with Crippen molar-refractivity contribution in [3.05, 3.63) is 91.8 Å². The number of aryl methyl sites for hydroxylation is 2. The van der Waals surface area contributed by atoms with Gasteiger partial charge in [-0.1, -0.05) is 0 Å². The van der Waals surface area contributed by atoms with Crippen molar-refractivity contribution in [1.29, 1.82) is 0 Å². The van der Waals surface area contributed by atoms with Crippen molar-refractivity contribution >= 4 is 51.9 Å². The minimum atomic E-state index is -0.791. The third-order valence-corrected chi connectivity index (χ3v) is 13.8. The summed E-state index contributed by atoms with van der Waals surface area (Å²) in [4.78, 5) is 54.2. The van der Waals surface area contributed by atoms with Crippen molar-refractivity contribution in [3.8, 4) is 22.9 Å². The van der Waals surface area contributed by atoms with Crippen molar-refractivity contribution in [3.63, 3.8) is 0 Å². The molecule has 0 radical (unpaired) electrons. The Balaban J connectivity index is 0.000000162. The fourth-order valence-electron chi connectivity index (χ4n) is 10.3. The van der Waals surface area contributed by atoms with E-state index in [0.29, 0.717) is 35.4 Å². The topological polar surface area (TPSA) is 281 Å². The lowest BCUT2D eigenvalue weighted by atomic mass is 9.84. The van der Waals surface area contributed by atoms with Crippen LogP contribution in [-0.4, -0.2) is 128 Å². The molecule has 7 N–H and O–H groups in total. The first-order valence-corrected chi connectivity index (χ1v) is 23.7. The van der Waals surface area contributed by atoms with Crippen molar-refractivity contribution in [2.24, 2.45) is 14.1 Å². The van der Waals surface area contributed by atoms with Crippen LogP contribution < -0.4 is 32.0 Å². The molecule has 8 heterocycles. The molecule has 4 saturated heterocycles. The third kappa shape index (κ3) is 11.0. The number of hydrogen-bond acceptors (Lipinski definition) is 18. The first-order chi connectivity index (χ1) is 34.7. The number of aromatic nitrogens is 13. The van der Waals surface area contributed by atoms with Gasteiger partial charge in [0.25, 0.3) is 0 Å². The fraction of sp³-hybridized carbons (Fsp3) is 0.489. The van der Waals surface area contributed by atoms with Gasteiger partial charge in [-0.3, -0.25) is 9.80 Å². The molecule has 28 heteroatoms. The molecule has 0 saturated carbocycles. The SMILES string of the molecule is Cn1nnn(-c2cc(N)c(F)cc2O)c1=O.[C-]#[N+]c1cnc(Cl)nc1N[C@@H]1C[C@@H]2CCCN2C(C)(C)C1.[C-]#[N+]c1cnc(Nc2cc(-n3nnn(C)[n+]3=O)c(O)cc2F)nc1N[C@@H]1C[C@@H]2CCCN2C(C)(C)C1. The number of aromatic hydroxyl groups is 2. The van der Waals surface area contributed by atoms with Crippen LogP contribution in [0, 0.1) is 29.7 Å². The Kier molecular flexibility index (Phi) is 14.6. The second kappa shape index (κ2) is 20.7. The number of anilines is 5. The number of nitrogen functional groups attached to an aromatic ring is 1. The van der Waals surface area contributed by atoms with Gasteiger partial charge in [0, 0.05) is 71.6 Å². The van der Waals surface area contributed by atoms with Gasteiger partial charge in [-0.25, -0.2) is 43.2 Å².